The summed E-state index contributed by atoms with van der Waals surface area (Å²) in [5, 5.41) is 3.01. The Kier molecular flexibility index (Phi) is 6.61. The molecule has 1 saturated heterocycles. The Bertz CT molecular complexity index is 591. The first-order valence-electron chi connectivity index (χ1n) is 8.38. The highest BCUT2D eigenvalue weighted by atomic mass is 79.9. The van der Waals surface area contributed by atoms with Crippen molar-refractivity contribution in [2.45, 2.75) is 45.4 Å². The first kappa shape index (κ1) is 19.2. The van der Waals surface area contributed by atoms with Gasteiger partial charge in [0.1, 0.15) is 0 Å². The SMILES string of the molecule is CC1CN(C(C)(C)CNC(=O)C=Cc2cccc(Br)c2)CC(C)O1. The normalized spacial score (nSPS) is 22.7. The molecule has 0 radical (unpaired) electrons. The number of amides is 1. The first-order chi connectivity index (χ1) is 11.3. The van der Waals surface area contributed by atoms with Crippen LogP contribution in [0.2, 0.25) is 0 Å². The number of carbonyl (C=O) groups excluding carboxylic acids is 1. The number of nitrogens with zero attached hydrogens (tertiary/aromatic N) is 1. The minimum Gasteiger partial charge on any atom is -0.373 e. The van der Waals surface area contributed by atoms with E-state index < -0.39 is 0 Å². The average Bonchev–Trinajstić information content (AvgIpc) is 2.50. The second-order valence-electron chi connectivity index (χ2n) is 7.08. The zero-order chi connectivity index (χ0) is 17.7. The lowest BCUT2D eigenvalue weighted by Gasteiger charge is -2.45. The van der Waals surface area contributed by atoms with Crippen LogP contribution in [0.5, 0.6) is 0 Å². The molecule has 4 nitrogen and oxygen atoms in total. The van der Waals surface area contributed by atoms with Gasteiger partial charge >= 0.3 is 0 Å². The van der Waals surface area contributed by atoms with Crippen molar-refractivity contribution in [3.05, 3.63) is 40.4 Å². The second-order valence-corrected chi connectivity index (χ2v) is 8.00. The Morgan fingerprint density at radius 3 is 2.67 bits per heavy atom. The van der Waals surface area contributed by atoms with Gasteiger partial charge in [-0.3, -0.25) is 9.69 Å². The summed E-state index contributed by atoms with van der Waals surface area (Å²) in [5.41, 5.74) is 0.889. The van der Waals surface area contributed by atoms with E-state index >= 15 is 0 Å². The van der Waals surface area contributed by atoms with Crippen molar-refractivity contribution < 1.29 is 9.53 Å². The fourth-order valence-corrected chi connectivity index (χ4v) is 3.35. The summed E-state index contributed by atoms with van der Waals surface area (Å²) in [6.07, 6.45) is 3.86. The molecule has 0 bridgehead atoms. The summed E-state index contributed by atoms with van der Waals surface area (Å²) in [4.78, 5) is 14.5. The molecule has 132 valence electrons. The topological polar surface area (TPSA) is 41.6 Å². The molecule has 2 unspecified atom stereocenters. The van der Waals surface area contributed by atoms with Crippen molar-refractivity contribution in [1.29, 1.82) is 0 Å². The van der Waals surface area contributed by atoms with Gasteiger partial charge in [0.25, 0.3) is 0 Å². The molecule has 1 aromatic rings. The number of hydrogen-bond donors (Lipinski definition) is 1. The van der Waals surface area contributed by atoms with Crippen molar-refractivity contribution >= 4 is 27.9 Å². The Morgan fingerprint density at radius 2 is 2.04 bits per heavy atom. The van der Waals surface area contributed by atoms with E-state index in [-0.39, 0.29) is 23.7 Å². The van der Waals surface area contributed by atoms with Crippen LogP contribution in [0.25, 0.3) is 6.08 Å². The van der Waals surface area contributed by atoms with Crippen LogP contribution in [-0.2, 0) is 9.53 Å². The molecule has 2 rings (SSSR count). The molecule has 1 aromatic carbocycles. The van der Waals surface area contributed by atoms with Crippen LogP contribution in [0.4, 0.5) is 0 Å². The molecule has 24 heavy (non-hydrogen) atoms. The van der Waals surface area contributed by atoms with Gasteiger partial charge in [-0.2, -0.15) is 0 Å². The van der Waals surface area contributed by atoms with Crippen molar-refractivity contribution in [3.63, 3.8) is 0 Å². The number of benzene rings is 1. The predicted molar refractivity (Wildman–Crippen MR) is 102 cm³/mol. The van der Waals surface area contributed by atoms with Gasteiger partial charge in [0, 0.05) is 35.7 Å². The molecule has 2 atom stereocenters. The van der Waals surface area contributed by atoms with E-state index in [4.69, 9.17) is 4.74 Å². The lowest BCUT2D eigenvalue weighted by Crippen LogP contribution is -2.58. The Labute approximate surface area is 153 Å². The summed E-state index contributed by atoms with van der Waals surface area (Å²) in [7, 11) is 0. The Balaban J connectivity index is 1.88. The molecule has 1 aliphatic heterocycles. The smallest absolute Gasteiger partial charge is 0.244 e. The second kappa shape index (κ2) is 8.28. The number of halogens is 1. The summed E-state index contributed by atoms with van der Waals surface area (Å²) in [6, 6.07) is 7.86. The lowest BCUT2D eigenvalue weighted by atomic mass is 10.00. The standard InChI is InChI=1S/C19H27BrN2O2/c1-14-11-22(12-15(2)24-14)19(3,4)13-21-18(23)9-8-16-6-5-7-17(20)10-16/h5-10,14-15H,11-13H2,1-4H3,(H,21,23). The molecular formula is C19H27BrN2O2. The fourth-order valence-electron chi connectivity index (χ4n) is 2.93. The molecule has 0 saturated carbocycles. The van der Waals surface area contributed by atoms with E-state index in [0.717, 1.165) is 23.1 Å². The number of hydrogen-bond acceptors (Lipinski definition) is 3. The van der Waals surface area contributed by atoms with Crippen LogP contribution in [0.3, 0.4) is 0 Å². The van der Waals surface area contributed by atoms with Crippen LogP contribution >= 0.6 is 15.9 Å². The van der Waals surface area contributed by atoms with E-state index in [1.165, 1.54) is 0 Å². The summed E-state index contributed by atoms with van der Waals surface area (Å²) in [5.74, 6) is -0.0718. The van der Waals surface area contributed by atoms with Gasteiger partial charge in [0.05, 0.1) is 12.2 Å². The molecule has 1 fully saturated rings. The van der Waals surface area contributed by atoms with Gasteiger partial charge in [-0.05, 0) is 51.5 Å². The Morgan fingerprint density at radius 1 is 1.38 bits per heavy atom. The zero-order valence-corrected chi connectivity index (χ0v) is 16.5. The highest BCUT2D eigenvalue weighted by molar-refractivity contribution is 9.10. The molecule has 0 aromatic heterocycles. The van der Waals surface area contributed by atoms with Crippen molar-refractivity contribution in [3.8, 4) is 0 Å². The van der Waals surface area contributed by atoms with Crippen LogP contribution in [0.1, 0.15) is 33.3 Å². The van der Waals surface area contributed by atoms with Gasteiger partial charge in [-0.1, -0.05) is 28.1 Å². The van der Waals surface area contributed by atoms with Crippen LogP contribution < -0.4 is 5.32 Å². The molecule has 1 aliphatic rings. The zero-order valence-electron chi connectivity index (χ0n) is 14.9. The third-order valence-electron chi connectivity index (χ3n) is 4.25. The van der Waals surface area contributed by atoms with E-state index in [1.807, 2.05) is 30.3 Å². The van der Waals surface area contributed by atoms with Crippen LogP contribution in [-0.4, -0.2) is 48.2 Å². The van der Waals surface area contributed by atoms with Crippen molar-refractivity contribution in [1.82, 2.24) is 10.2 Å². The van der Waals surface area contributed by atoms with Crippen molar-refractivity contribution in [2.75, 3.05) is 19.6 Å². The highest BCUT2D eigenvalue weighted by Crippen LogP contribution is 2.20. The van der Waals surface area contributed by atoms with Gasteiger partial charge in [-0.25, -0.2) is 0 Å². The van der Waals surface area contributed by atoms with E-state index in [1.54, 1.807) is 6.08 Å². The number of ether oxygens (including phenoxy) is 1. The molecular weight excluding hydrogens is 368 g/mol. The van der Waals surface area contributed by atoms with E-state index in [0.29, 0.717) is 6.54 Å². The maximum absolute atomic E-state index is 12.1. The van der Waals surface area contributed by atoms with Crippen LogP contribution in [0, 0.1) is 0 Å². The molecule has 0 aliphatic carbocycles. The quantitative estimate of drug-likeness (QED) is 0.777. The monoisotopic (exact) mass is 394 g/mol. The lowest BCUT2D eigenvalue weighted by molar-refractivity contribution is -0.118. The molecule has 0 spiro atoms. The van der Waals surface area contributed by atoms with Gasteiger partial charge in [-0.15, -0.1) is 0 Å². The van der Waals surface area contributed by atoms with Gasteiger partial charge in [0.15, 0.2) is 0 Å². The number of nitrogens with one attached hydrogen (secondary N) is 1. The Hall–Kier alpha value is -1.17. The largest absolute Gasteiger partial charge is 0.373 e. The summed E-state index contributed by atoms with van der Waals surface area (Å²) in [6.45, 7) is 10.9. The van der Waals surface area contributed by atoms with Gasteiger partial charge in [0.2, 0.25) is 5.91 Å². The minimum absolute atomic E-state index is 0.0718. The summed E-state index contributed by atoms with van der Waals surface area (Å²) >= 11 is 3.43. The maximum atomic E-state index is 12.1. The molecule has 1 N–H and O–H groups in total. The minimum atomic E-state index is -0.106. The molecule has 1 amide bonds. The maximum Gasteiger partial charge on any atom is 0.244 e. The van der Waals surface area contributed by atoms with Crippen molar-refractivity contribution in [2.24, 2.45) is 0 Å². The number of carbonyl (C=O) groups is 1. The average molecular weight is 395 g/mol. The molecule has 1 heterocycles. The predicted octanol–water partition coefficient (Wildman–Crippen LogP) is 3.47. The number of rotatable bonds is 5. The van der Waals surface area contributed by atoms with E-state index in [9.17, 15) is 4.79 Å². The van der Waals surface area contributed by atoms with E-state index in [2.05, 4.69) is 53.8 Å². The highest BCUT2D eigenvalue weighted by Gasteiger charge is 2.33. The first-order valence-corrected chi connectivity index (χ1v) is 9.17. The summed E-state index contributed by atoms with van der Waals surface area (Å²) < 4.78 is 6.79. The van der Waals surface area contributed by atoms with Gasteiger partial charge < -0.3 is 10.1 Å². The molecule has 5 heteroatoms. The third kappa shape index (κ3) is 5.72. The fraction of sp³-hybridized carbons (Fsp3) is 0.526. The van der Waals surface area contributed by atoms with Crippen LogP contribution in [0.15, 0.2) is 34.8 Å². The third-order valence-corrected chi connectivity index (χ3v) is 4.74. The number of morpholine rings is 1.